The molecule has 20 heavy (non-hydrogen) atoms. The van der Waals surface area contributed by atoms with Crippen LogP contribution in [0.25, 0.3) is 0 Å². The van der Waals surface area contributed by atoms with Gasteiger partial charge in [-0.2, -0.15) is 13.2 Å². The predicted molar refractivity (Wildman–Crippen MR) is 70.4 cm³/mol. The summed E-state index contributed by atoms with van der Waals surface area (Å²) in [6, 6.07) is 4.10. The number of alkyl halides is 3. The number of aromatic nitrogens is 1. The molecule has 108 valence electrons. The minimum atomic E-state index is -4.40. The van der Waals surface area contributed by atoms with E-state index in [2.05, 4.69) is 4.98 Å². The van der Waals surface area contributed by atoms with Crippen LogP contribution >= 0.6 is 11.8 Å². The van der Waals surface area contributed by atoms with Gasteiger partial charge in [0.25, 0.3) is 5.91 Å². The number of halogens is 3. The van der Waals surface area contributed by atoms with Gasteiger partial charge in [-0.15, -0.1) is 0 Å². The number of nitrogens with zero attached hydrogens (tertiary/aromatic N) is 2. The molecule has 0 saturated heterocycles. The third-order valence-electron chi connectivity index (χ3n) is 2.78. The van der Waals surface area contributed by atoms with Crippen molar-refractivity contribution in [3.8, 4) is 0 Å². The monoisotopic (exact) mass is 302 g/mol. The second kappa shape index (κ2) is 5.87. The van der Waals surface area contributed by atoms with E-state index in [4.69, 9.17) is 0 Å². The fraction of sp³-hybridized carbons (Fsp3) is 0.385. The SMILES string of the molecule is CC1=CCCN(C(=O)c2cccc(SC(F)(F)F)n2)C1. The van der Waals surface area contributed by atoms with Crippen LogP contribution in [0.15, 0.2) is 34.9 Å². The molecule has 0 N–H and O–H groups in total. The Hall–Kier alpha value is -1.50. The molecule has 0 aromatic carbocycles. The highest BCUT2D eigenvalue weighted by Gasteiger charge is 2.30. The number of thioether (sulfide) groups is 1. The lowest BCUT2D eigenvalue weighted by Crippen LogP contribution is -2.35. The molecule has 2 rings (SSSR count). The Balaban J connectivity index is 2.14. The molecular formula is C13H13F3N2OS. The first kappa shape index (κ1) is 14.9. The van der Waals surface area contributed by atoms with Gasteiger partial charge in [0.1, 0.15) is 10.7 Å². The van der Waals surface area contributed by atoms with E-state index in [9.17, 15) is 18.0 Å². The first-order valence-corrected chi connectivity index (χ1v) is 6.84. The van der Waals surface area contributed by atoms with Crippen molar-refractivity contribution in [2.75, 3.05) is 13.1 Å². The zero-order valence-corrected chi connectivity index (χ0v) is 11.6. The maximum absolute atomic E-state index is 12.3. The van der Waals surface area contributed by atoms with Gasteiger partial charge in [-0.3, -0.25) is 4.79 Å². The van der Waals surface area contributed by atoms with Crippen molar-refractivity contribution < 1.29 is 18.0 Å². The molecule has 0 bridgehead atoms. The third-order valence-corrected chi connectivity index (χ3v) is 3.45. The minimum Gasteiger partial charge on any atom is -0.333 e. The molecule has 0 fully saturated rings. The van der Waals surface area contributed by atoms with E-state index in [-0.39, 0.29) is 28.4 Å². The van der Waals surface area contributed by atoms with Gasteiger partial charge in [-0.1, -0.05) is 17.7 Å². The van der Waals surface area contributed by atoms with Gasteiger partial charge >= 0.3 is 5.51 Å². The zero-order chi connectivity index (χ0) is 14.8. The molecule has 0 radical (unpaired) electrons. The third kappa shape index (κ3) is 4.00. The highest BCUT2D eigenvalue weighted by atomic mass is 32.2. The van der Waals surface area contributed by atoms with Crippen LogP contribution in [0.3, 0.4) is 0 Å². The first-order valence-electron chi connectivity index (χ1n) is 6.03. The summed E-state index contributed by atoms with van der Waals surface area (Å²) in [5, 5.41) is -0.215. The van der Waals surface area contributed by atoms with Crippen LogP contribution in [-0.2, 0) is 0 Å². The number of rotatable bonds is 2. The van der Waals surface area contributed by atoms with Gasteiger partial charge < -0.3 is 4.90 Å². The number of hydrogen-bond donors (Lipinski definition) is 0. The number of carbonyl (C=O) groups is 1. The van der Waals surface area contributed by atoms with Crippen LogP contribution in [0.5, 0.6) is 0 Å². The van der Waals surface area contributed by atoms with Crippen LogP contribution < -0.4 is 0 Å². The Morgan fingerprint density at radius 3 is 2.80 bits per heavy atom. The maximum atomic E-state index is 12.3. The summed E-state index contributed by atoms with van der Waals surface area (Å²) < 4.78 is 36.9. The number of hydrogen-bond acceptors (Lipinski definition) is 3. The van der Waals surface area contributed by atoms with Crippen molar-refractivity contribution in [2.24, 2.45) is 0 Å². The number of amides is 1. The Morgan fingerprint density at radius 1 is 1.40 bits per heavy atom. The summed E-state index contributed by atoms with van der Waals surface area (Å²) in [4.78, 5) is 17.6. The van der Waals surface area contributed by atoms with Crippen molar-refractivity contribution in [3.63, 3.8) is 0 Å². The Kier molecular flexibility index (Phi) is 4.37. The number of pyridine rings is 1. The molecule has 2 heterocycles. The van der Waals surface area contributed by atoms with Crippen molar-refractivity contribution in [1.82, 2.24) is 9.88 Å². The van der Waals surface area contributed by atoms with E-state index in [1.54, 1.807) is 4.90 Å². The van der Waals surface area contributed by atoms with Crippen molar-refractivity contribution in [1.29, 1.82) is 0 Å². The second-order valence-electron chi connectivity index (χ2n) is 4.47. The lowest BCUT2D eigenvalue weighted by molar-refractivity contribution is -0.0329. The molecule has 1 aromatic rings. The molecule has 7 heteroatoms. The molecule has 0 atom stereocenters. The average molecular weight is 302 g/mol. The molecular weight excluding hydrogens is 289 g/mol. The highest BCUT2D eigenvalue weighted by Crippen LogP contribution is 2.35. The molecule has 1 aliphatic heterocycles. The summed E-state index contributed by atoms with van der Waals surface area (Å²) in [5.74, 6) is -0.331. The summed E-state index contributed by atoms with van der Waals surface area (Å²) in [7, 11) is 0. The normalized spacial score (nSPS) is 16.0. The fourth-order valence-electron chi connectivity index (χ4n) is 1.96. The van der Waals surface area contributed by atoms with E-state index >= 15 is 0 Å². The largest absolute Gasteiger partial charge is 0.447 e. The van der Waals surface area contributed by atoms with Crippen LogP contribution in [0.1, 0.15) is 23.8 Å². The van der Waals surface area contributed by atoms with E-state index in [0.717, 1.165) is 12.0 Å². The van der Waals surface area contributed by atoms with Crippen LogP contribution in [0, 0.1) is 0 Å². The Morgan fingerprint density at radius 2 is 2.15 bits per heavy atom. The summed E-state index contributed by atoms with van der Waals surface area (Å²) in [6.07, 6.45) is 2.81. The van der Waals surface area contributed by atoms with Gasteiger partial charge in [0.15, 0.2) is 0 Å². The molecule has 0 unspecified atom stereocenters. The predicted octanol–water partition coefficient (Wildman–Crippen LogP) is 3.49. The quantitative estimate of drug-likeness (QED) is 0.619. The van der Waals surface area contributed by atoms with Gasteiger partial charge in [0, 0.05) is 24.9 Å². The van der Waals surface area contributed by atoms with Gasteiger partial charge in [0.05, 0.1) is 0 Å². The van der Waals surface area contributed by atoms with Crippen molar-refractivity contribution in [2.45, 2.75) is 23.9 Å². The molecule has 1 aliphatic rings. The van der Waals surface area contributed by atoms with E-state index in [1.807, 2.05) is 13.0 Å². The zero-order valence-electron chi connectivity index (χ0n) is 10.8. The van der Waals surface area contributed by atoms with Crippen LogP contribution in [0.4, 0.5) is 13.2 Å². The lowest BCUT2D eigenvalue weighted by atomic mass is 10.1. The summed E-state index contributed by atoms with van der Waals surface area (Å²) in [5.41, 5.74) is -3.28. The van der Waals surface area contributed by atoms with Crippen molar-refractivity contribution >= 4 is 17.7 Å². The fourth-order valence-corrected chi connectivity index (χ4v) is 2.48. The Bertz CT molecular complexity index is 543. The van der Waals surface area contributed by atoms with Gasteiger partial charge in [0.2, 0.25) is 0 Å². The highest BCUT2D eigenvalue weighted by molar-refractivity contribution is 8.00. The standard InChI is InChI=1S/C13H13F3N2OS/c1-9-4-3-7-18(8-9)12(19)10-5-2-6-11(17-10)20-13(14,15)16/h2,4-6H,3,7-8H2,1H3. The van der Waals surface area contributed by atoms with Gasteiger partial charge in [-0.05, 0) is 25.5 Å². The molecule has 3 nitrogen and oxygen atoms in total. The van der Waals surface area contributed by atoms with E-state index in [0.29, 0.717) is 13.1 Å². The molecule has 0 aliphatic carbocycles. The second-order valence-corrected chi connectivity index (χ2v) is 5.56. The Labute approximate surface area is 118 Å². The topological polar surface area (TPSA) is 33.2 Å². The molecule has 1 amide bonds. The minimum absolute atomic E-state index is 0.0500. The lowest BCUT2D eigenvalue weighted by Gasteiger charge is -2.25. The maximum Gasteiger partial charge on any atom is 0.447 e. The van der Waals surface area contributed by atoms with E-state index < -0.39 is 5.51 Å². The molecule has 1 aromatic heterocycles. The number of carbonyl (C=O) groups excluding carboxylic acids is 1. The molecule has 0 spiro atoms. The summed E-state index contributed by atoms with van der Waals surface area (Å²) in [6.45, 7) is 2.98. The molecule has 0 saturated carbocycles. The summed E-state index contributed by atoms with van der Waals surface area (Å²) >= 11 is -0.314. The van der Waals surface area contributed by atoms with E-state index in [1.165, 1.54) is 18.2 Å². The van der Waals surface area contributed by atoms with Gasteiger partial charge in [-0.25, -0.2) is 4.98 Å². The van der Waals surface area contributed by atoms with Crippen LogP contribution in [0.2, 0.25) is 0 Å². The average Bonchev–Trinajstić information content (AvgIpc) is 2.36. The smallest absolute Gasteiger partial charge is 0.333 e. The van der Waals surface area contributed by atoms with Crippen molar-refractivity contribution in [3.05, 3.63) is 35.5 Å². The van der Waals surface area contributed by atoms with Crippen LogP contribution in [-0.4, -0.2) is 34.4 Å². The first-order chi connectivity index (χ1) is 9.35.